The van der Waals surface area contributed by atoms with Crippen molar-refractivity contribution in [1.29, 1.82) is 0 Å². The van der Waals surface area contributed by atoms with Gasteiger partial charge in [-0.05, 0) is 76.4 Å². The molecule has 10 rings (SSSR count). The maximum Gasteiger partial charge on any atom is 0.0730 e. The molecule has 0 bridgehead atoms. The molecule has 0 saturated heterocycles. The van der Waals surface area contributed by atoms with E-state index < -0.39 is 0 Å². The molecule has 1 aliphatic rings. The average Bonchev–Trinajstić information content (AvgIpc) is 3.65. The van der Waals surface area contributed by atoms with E-state index in [1.54, 1.807) is 0 Å². The van der Waals surface area contributed by atoms with E-state index in [0.29, 0.717) is 6.54 Å². The second-order valence-electron chi connectivity index (χ2n) is 14.5. The van der Waals surface area contributed by atoms with Gasteiger partial charge in [-0.2, -0.15) is 0 Å². The van der Waals surface area contributed by atoms with Gasteiger partial charge in [-0.3, -0.25) is 0 Å². The van der Waals surface area contributed by atoms with Crippen LogP contribution in [0, 0.1) is 0 Å². The molecule has 0 unspecified atom stereocenters. The minimum Gasteiger partial charge on any atom is -0.337 e. The largest absolute Gasteiger partial charge is 0.337 e. The van der Waals surface area contributed by atoms with E-state index >= 15 is 0 Å². The molecule has 3 heteroatoms. The Balaban J connectivity index is 1.11. The summed E-state index contributed by atoms with van der Waals surface area (Å²) in [4.78, 5) is 7.58. The molecule has 0 fully saturated rings. The van der Waals surface area contributed by atoms with Crippen LogP contribution in [-0.2, 0) is 0 Å². The molecule has 3 nitrogen and oxygen atoms in total. The molecule has 0 amide bonds. The summed E-state index contributed by atoms with van der Waals surface area (Å²) < 4.78 is 2.38. The Bertz CT molecular complexity index is 2920. The fourth-order valence-corrected chi connectivity index (χ4v) is 8.10. The van der Waals surface area contributed by atoms with E-state index in [1.165, 1.54) is 32.9 Å². The molecular formula is C54H39N3. The van der Waals surface area contributed by atoms with E-state index in [-0.39, 0.29) is 0 Å². The first-order chi connectivity index (χ1) is 28.2. The minimum atomic E-state index is 0.677. The number of para-hydroxylation sites is 1. The van der Waals surface area contributed by atoms with Crippen LogP contribution >= 0.6 is 0 Å². The van der Waals surface area contributed by atoms with Gasteiger partial charge in [0.1, 0.15) is 0 Å². The number of rotatable bonds is 6. The molecule has 0 saturated carbocycles. The van der Waals surface area contributed by atoms with Crippen LogP contribution in [0.25, 0.3) is 77.8 Å². The summed E-state index contributed by atoms with van der Waals surface area (Å²) in [7, 11) is 0. The molecule has 0 atom stereocenters. The van der Waals surface area contributed by atoms with Crippen molar-refractivity contribution in [2.45, 2.75) is 0 Å². The number of benzene rings is 7. The lowest BCUT2D eigenvalue weighted by atomic mass is 9.96. The highest BCUT2D eigenvalue weighted by molar-refractivity contribution is 6.10. The monoisotopic (exact) mass is 729 g/mol. The zero-order valence-corrected chi connectivity index (χ0v) is 31.5. The van der Waals surface area contributed by atoms with E-state index in [2.05, 4.69) is 216 Å². The van der Waals surface area contributed by atoms with Crippen molar-refractivity contribution in [3.63, 3.8) is 0 Å². The lowest BCUT2D eigenvalue weighted by molar-refractivity contribution is 1.09. The van der Waals surface area contributed by atoms with Gasteiger partial charge >= 0.3 is 0 Å². The predicted octanol–water partition coefficient (Wildman–Crippen LogP) is 14.1. The maximum atomic E-state index is 5.18. The van der Waals surface area contributed by atoms with Gasteiger partial charge in [0, 0.05) is 51.1 Å². The van der Waals surface area contributed by atoms with Crippen LogP contribution in [0.1, 0.15) is 5.56 Å². The molecule has 0 aliphatic carbocycles. The SMILES string of the molecule is C=C1/C=C\C=C/CN(c2cc(-c3ccccc3)nc(-c3ccccc3)c2)c2cc(-c3ccc4c(c3)c3ccccc3n4-c3ccc(-c4ccccc4)cc3)ccc21. The summed E-state index contributed by atoms with van der Waals surface area (Å²) in [6.07, 6.45) is 8.51. The molecular weight excluding hydrogens is 691 g/mol. The summed E-state index contributed by atoms with van der Waals surface area (Å²) in [6.45, 7) is 5.20. The van der Waals surface area contributed by atoms with Gasteiger partial charge in [-0.15, -0.1) is 0 Å². The first kappa shape index (κ1) is 34.0. The van der Waals surface area contributed by atoms with Crippen LogP contribution in [-0.4, -0.2) is 16.1 Å². The van der Waals surface area contributed by atoms with E-state index in [4.69, 9.17) is 4.98 Å². The van der Waals surface area contributed by atoms with E-state index in [1.807, 2.05) is 12.1 Å². The number of pyridine rings is 1. The zero-order chi connectivity index (χ0) is 38.1. The average molecular weight is 730 g/mol. The van der Waals surface area contributed by atoms with Crippen molar-refractivity contribution in [2.24, 2.45) is 0 Å². The fourth-order valence-electron chi connectivity index (χ4n) is 8.10. The molecule has 9 aromatic rings. The molecule has 0 radical (unpaired) electrons. The molecule has 0 spiro atoms. The predicted molar refractivity (Wildman–Crippen MR) is 241 cm³/mol. The molecule has 2 aromatic heterocycles. The smallest absolute Gasteiger partial charge is 0.0730 e. The van der Waals surface area contributed by atoms with Crippen LogP contribution < -0.4 is 4.90 Å². The normalized spacial score (nSPS) is 13.8. The van der Waals surface area contributed by atoms with Gasteiger partial charge in [0.15, 0.2) is 0 Å². The molecule has 3 heterocycles. The van der Waals surface area contributed by atoms with Gasteiger partial charge in [0.2, 0.25) is 0 Å². The second kappa shape index (κ2) is 14.6. The summed E-state index contributed by atoms with van der Waals surface area (Å²) in [6, 6.07) is 67.2. The summed E-state index contributed by atoms with van der Waals surface area (Å²) in [5, 5.41) is 2.45. The number of anilines is 2. The van der Waals surface area contributed by atoms with Gasteiger partial charge in [0.05, 0.1) is 22.4 Å². The Morgan fingerprint density at radius 3 is 1.70 bits per heavy atom. The van der Waals surface area contributed by atoms with E-state index in [0.717, 1.165) is 61.8 Å². The minimum absolute atomic E-state index is 0.677. The molecule has 57 heavy (non-hydrogen) atoms. The van der Waals surface area contributed by atoms with Crippen molar-refractivity contribution in [3.8, 4) is 50.5 Å². The second-order valence-corrected chi connectivity index (χ2v) is 14.5. The Hall–Kier alpha value is -7.49. The van der Waals surface area contributed by atoms with Crippen molar-refractivity contribution in [3.05, 3.63) is 225 Å². The van der Waals surface area contributed by atoms with Crippen LogP contribution in [0.4, 0.5) is 11.4 Å². The maximum absolute atomic E-state index is 5.18. The number of aromatic nitrogens is 2. The number of hydrogen-bond acceptors (Lipinski definition) is 2. The Morgan fingerprint density at radius 1 is 0.439 bits per heavy atom. The summed E-state index contributed by atoms with van der Waals surface area (Å²) >= 11 is 0. The Kier molecular flexibility index (Phi) is 8.74. The topological polar surface area (TPSA) is 21.1 Å². The number of hydrogen-bond donors (Lipinski definition) is 0. The molecule has 7 aromatic carbocycles. The molecule has 0 N–H and O–H groups in total. The zero-order valence-electron chi connectivity index (χ0n) is 31.5. The molecule has 270 valence electrons. The Morgan fingerprint density at radius 2 is 1.00 bits per heavy atom. The first-order valence-corrected chi connectivity index (χ1v) is 19.4. The molecule has 1 aliphatic heterocycles. The first-order valence-electron chi connectivity index (χ1n) is 19.4. The third kappa shape index (κ3) is 6.45. The van der Waals surface area contributed by atoms with Gasteiger partial charge in [-0.1, -0.05) is 170 Å². The number of allylic oxidation sites excluding steroid dienone is 4. The van der Waals surface area contributed by atoms with Crippen molar-refractivity contribution in [1.82, 2.24) is 9.55 Å². The highest BCUT2D eigenvalue weighted by Crippen LogP contribution is 2.41. The van der Waals surface area contributed by atoms with Gasteiger partial charge in [0.25, 0.3) is 0 Å². The van der Waals surface area contributed by atoms with Crippen LogP contribution in [0.3, 0.4) is 0 Å². The highest BCUT2D eigenvalue weighted by Gasteiger charge is 2.20. The number of nitrogens with zero attached hydrogens (tertiary/aromatic N) is 3. The third-order valence-electron chi connectivity index (χ3n) is 11.0. The van der Waals surface area contributed by atoms with Crippen molar-refractivity contribution in [2.75, 3.05) is 11.4 Å². The Labute approximate surface area is 333 Å². The number of fused-ring (bicyclic) bond motifs is 4. The fraction of sp³-hybridized carbons (Fsp3) is 0.0185. The lowest BCUT2D eigenvalue weighted by Crippen LogP contribution is -2.19. The lowest BCUT2D eigenvalue weighted by Gasteiger charge is -2.28. The highest BCUT2D eigenvalue weighted by atomic mass is 15.1. The third-order valence-corrected chi connectivity index (χ3v) is 11.0. The van der Waals surface area contributed by atoms with Gasteiger partial charge in [-0.25, -0.2) is 4.98 Å². The van der Waals surface area contributed by atoms with Crippen LogP contribution in [0.2, 0.25) is 0 Å². The standard InChI is InChI=1S/C54H39N3/c1-38-16-6-5-15-33-56(46-36-50(41-19-9-3-10-20-41)55-51(37-46)42-21-11-4-12-22-42)54-35-44(27-31-47(38)54)43-28-32-53-49(34-43)48-23-13-14-24-52(48)57(53)45-29-25-40(26-30-45)39-17-7-2-8-18-39/h2-32,34-37H,1,33H2/b15-5-,16-6-. The van der Waals surface area contributed by atoms with Crippen molar-refractivity contribution < 1.29 is 0 Å². The van der Waals surface area contributed by atoms with Crippen molar-refractivity contribution >= 4 is 38.8 Å². The summed E-state index contributed by atoms with van der Waals surface area (Å²) in [5.74, 6) is 0. The summed E-state index contributed by atoms with van der Waals surface area (Å²) in [5.41, 5.74) is 16.5. The van der Waals surface area contributed by atoms with Gasteiger partial charge < -0.3 is 9.47 Å². The van der Waals surface area contributed by atoms with Crippen LogP contribution in [0.15, 0.2) is 219 Å². The van der Waals surface area contributed by atoms with Crippen LogP contribution in [0.5, 0.6) is 0 Å². The quantitative estimate of drug-likeness (QED) is 0.170. The van der Waals surface area contributed by atoms with E-state index in [9.17, 15) is 0 Å².